The Morgan fingerprint density at radius 2 is 2.38 bits per heavy atom. The van der Waals surface area contributed by atoms with E-state index in [-0.39, 0.29) is 18.6 Å². The minimum absolute atomic E-state index is 0.0614. The molecule has 2 heterocycles. The molecule has 1 aliphatic rings. The maximum Gasteiger partial charge on any atom is 0.245 e. The molecule has 0 saturated carbocycles. The van der Waals surface area contributed by atoms with E-state index >= 15 is 0 Å². The summed E-state index contributed by atoms with van der Waals surface area (Å²) in [5.74, 6) is -0.0614. The maximum absolute atomic E-state index is 11.6. The normalized spacial score (nSPS) is 18.1. The van der Waals surface area contributed by atoms with E-state index in [0.29, 0.717) is 13.2 Å². The smallest absolute Gasteiger partial charge is 0.245 e. The Bertz CT molecular complexity index is 434. The van der Waals surface area contributed by atoms with Crippen molar-refractivity contribution in [3.05, 3.63) is 17.0 Å². The molecule has 0 radical (unpaired) electrons. The molecule has 1 amide bonds. The van der Waals surface area contributed by atoms with E-state index in [9.17, 15) is 4.79 Å². The standard InChI is InChI=1S/C15H25N3O3/c1-11-14(12(2)18-17-11)6-3-7-16-15(19)10-20-9-13-5-4-8-21-13/h13H,3-10H2,1-2H3,(H,16,19)(H,17,18). The van der Waals surface area contributed by atoms with Gasteiger partial charge in [-0.3, -0.25) is 9.89 Å². The number of nitrogens with zero attached hydrogens (tertiary/aromatic N) is 1. The molecule has 21 heavy (non-hydrogen) atoms. The number of aromatic nitrogens is 2. The second kappa shape index (κ2) is 8.14. The third kappa shape index (κ3) is 5.13. The molecule has 0 aliphatic carbocycles. The van der Waals surface area contributed by atoms with Crippen molar-refractivity contribution < 1.29 is 14.3 Å². The number of amides is 1. The lowest BCUT2D eigenvalue weighted by Gasteiger charge is -2.10. The lowest BCUT2D eigenvalue weighted by Crippen LogP contribution is -2.30. The Morgan fingerprint density at radius 1 is 1.52 bits per heavy atom. The molecular weight excluding hydrogens is 270 g/mol. The molecular formula is C15H25N3O3. The van der Waals surface area contributed by atoms with Crippen LogP contribution in [0.5, 0.6) is 0 Å². The summed E-state index contributed by atoms with van der Waals surface area (Å²) in [5, 5.41) is 10.0. The molecule has 1 aliphatic heterocycles. The lowest BCUT2D eigenvalue weighted by atomic mass is 10.1. The molecule has 1 aromatic heterocycles. The van der Waals surface area contributed by atoms with Gasteiger partial charge in [-0.15, -0.1) is 0 Å². The van der Waals surface area contributed by atoms with E-state index in [1.807, 2.05) is 13.8 Å². The molecule has 118 valence electrons. The zero-order chi connectivity index (χ0) is 15.1. The van der Waals surface area contributed by atoms with E-state index in [4.69, 9.17) is 9.47 Å². The number of hydrogen-bond donors (Lipinski definition) is 2. The van der Waals surface area contributed by atoms with Crippen LogP contribution in [0.15, 0.2) is 0 Å². The topological polar surface area (TPSA) is 76.2 Å². The van der Waals surface area contributed by atoms with Crippen LogP contribution < -0.4 is 5.32 Å². The van der Waals surface area contributed by atoms with E-state index in [1.54, 1.807) is 0 Å². The van der Waals surface area contributed by atoms with Gasteiger partial charge in [-0.2, -0.15) is 5.10 Å². The minimum Gasteiger partial charge on any atom is -0.376 e. The van der Waals surface area contributed by atoms with Gasteiger partial charge in [0.1, 0.15) is 6.61 Å². The van der Waals surface area contributed by atoms with Gasteiger partial charge in [0.05, 0.1) is 18.4 Å². The SMILES string of the molecule is Cc1n[nH]c(C)c1CCCNC(=O)COCC1CCCO1. The van der Waals surface area contributed by atoms with Crippen molar-refractivity contribution in [1.82, 2.24) is 15.5 Å². The van der Waals surface area contributed by atoms with E-state index in [0.717, 1.165) is 43.7 Å². The summed E-state index contributed by atoms with van der Waals surface area (Å²) in [4.78, 5) is 11.6. The van der Waals surface area contributed by atoms with Crippen LogP contribution in [0.4, 0.5) is 0 Å². The first kappa shape index (κ1) is 16.0. The Kier molecular flexibility index (Phi) is 6.20. The first-order valence-corrected chi connectivity index (χ1v) is 7.63. The summed E-state index contributed by atoms with van der Waals surface area (Å²) in [7, 11) is 0. The van der Waals surface area contributed by atoms with Gasteiger partial charge in [0.2, 0.25) is 5.91 Å². The van der Waals surface area contributed by atoms with E-state index in [1.165, 1.54) is 5.56 Å². The van der Waals surface area contributed by atoms with Gasteiger partial charge in [0.25, 0.3) is 0 Å². The molecule has 6 nitrogen and oxygen atoms in total. The molecule has 1 atom stereocenters. The van der Waals surface area contributed by atoms with Crippen LogP contribution in [-0.4, -0.2) is 48.6 Å². The average Bonchev–Trinajstić information content (AvgIpc) is 3.07. The van der Waals surface area contributed by atoms with Crippen LogP contribution >= 0.6 is 0 Å². The van der Waals surface area contributed by atoms with Crippen LogP contribution in [0, 0.1) is 13.8 Å². The Balaban J connectivity index is 1.53. The molecule has 0 bridgehead atoms. The first-order chi connectivity index (χ1) is 10.2. The third-order valence-corrected chi connectivity index (χ3v) is 3.77. The van der Waals surface area contributed by atoms with Crippen molar-refractivity contribution in [2.75, 3.05) is 26.4 Å². The highest BCUT2D eigenvalue weighted by Gasteiger charge is 2.15. The highest BCUT2D eigenvalue weighted by Crippen LogP contribution is 2.12. The largest absolute Gasteiger partial charge is 0.376 e. The molecule has 0 spiro atoms. The fourth-order valence-corrected chi connectivity index (χ4v) is 2.55. The molecule has 1 unspecified atom stereocenters. The van der Waals surface area contributed by atoms with Crippen molar-refractivity contribution in [2.24, 2.45) is 0 Å². The monoisotopic (exact) mass is 295 g/mol. The predicted octanol–water partition coefficient (Wildman–Crippen LogP) is 1.27. The first-order valence-electron chi connectivity index (χ1n) is 7.63. The summed E-state index contributed by atoms with van der Waals surface area (Å²) in [6.07, 6.45) is 4.12. The van der Waals surface area contributed by atoms with Gasteiger partial charge in [0, 0.05) is 18.8 Å². The lowest BCUT2D eigenvalue weighted by molar-refractivity contribution is -0.126. The second-order valence-electron chi connectivity index (χ2n) is 5.52. The number of carbonyl (C=O) groups excluding carboxylic acids is 1. The van der Waals surface area contributed by atoms with Crippen molar-refractivity contribution >= 4 is 5.91 Å². The summed E-state index contributed by atoms with van der Waals surface area (Å²) >= 11 is 0. The van der Waals surface area contributed by atoms with Crippen LogP contribution in [0.2, 0.25) is 0 Å². The number of rotatable bonds is 8. The third-order valence-electron chi connectivity index (χ3n) is 3.77. The number of aryl methyl sites for hydroxylation is 2. The van der Waals surface area contributed by atoms with Crippen molar-refractivity contribution in [3.8, 4) is 0 Å². The molecule has 1 fully saturated rings. The average molecular weight is 295 g/mol. The van der Waals surface area contributed by atoms with Gasteiger partial charge in [0.15, 0.2) is 0 Å². The Hall–Kier alpha value is -1.40. The fourth-order valence-electron chi connectivity index (χ4n) is 2.55. The number of carbonyl (C=O) groups is 1. The summed E-state index contributed by atoms with van der Waals surface area (Å²) in [6, 6.07) is 0. The van der Waals surface area contributed by atoms with E-state index in [2.05, 4.69) is 15.5 Å². The van der Waals surface area contributed by atoms with Crippen molar-refractivity contribution in [1.29, 1.82) is 0 Å². The number of nitrogens with one attached hydrogen (secondary N) is 2. The van der Waals surface area contributed by atoms with Gasteiger partial charge in [-0.1, -0.05) is 0 Å². The van der Waals surface area contributed by atoms with Gasteiger partial charge >= 0.3 is 0 Å². The molecule has 6 heteroatoms. The Labute approximate surface area is 125 Å². The summed E-state index contributed by atoms with van der Waals surface area (Å²) in [5.41, 5.74) is 3.40. The number of ether oxygens (including phenoxy) is 2. The van der Waals surface area contributed by atoms with Gasteiger partial charge in [-0.25, -0.2) is 0 Å². The van der Waals surface area contributed by atoms with Crippen molar-refractivity contribution in [2.45, 2.75) is 45.6 Å². The highest BCUT2D eigenvalue weighted by atomic mass is 16.5. The Morgan fingerprint density at radius 3 is 3.05 bits per heavy atom. The molecule has 1 saturated heterocycles. The number of aromatic amines is 1. The van der Waals surface area contributed by atoms with E-state index < -0.39 is 0 Å². The van der Waals surface area contributed by atoms with Crippen LogP contribution in [-0.2, 0) is 20.7 Å². The maximum atomic E-state index is 11.6. The van der Waals surface area contributed by atoms with Gasteiger partial charge < -0.3 is 14.8 Å². The highest BCUT2D eigenvalue weighted by molar-refractivity contribution is 5.77. The fraction of sp³-hybridized carbons (Fsp3) is 0.733. The van der Waals surface area contributed by atoms with Crippen LogP contribution in [0.3, 0.4) is 0 Å². The van der Waals surface area contributed by atoms with Crippen molar-refractivity contribution in [3.63, 3.8) is 0 Å². The quantitative estimate of drug-likeness (QED) is 0.708. The summed E-state index contributed by atoms with van der Waals surface area (Å²) < 4.78 is 10.8. The molecule has 2 N–H and O–H groups in total. The van der Waals surface area contributed by atoms with Gasteiger partial charge in [-0.05, 0) is 45.1 Å². The number of hydrogen-bond acceptors (Lipinski definition) is 4. The number of H-pyrrole nitrogens is 1. The molecule has 2 rings (SSSR count). The van der Waals surface area contributed by atoms with Crippen LogP contribution in [0.1, 0.15) is 36.2 Å². The summed E-state index contributed by atoms with van der Waals surface area (Å²) in [6.45, 7) is 6.12. The zero-order valence-corrected chi connectivity index (χ0v) is 12.9. The predicted molar refractivity (Wildman–Crippen MR) is 79.2 cm³/mol. The molecule has 0 aromatic carbocycles. The minimum atomic E-state index is -0.0614. The van der Waals surface area contributed by atoms with Crippen LogP contribution in [0.25, 0.3) is 0 Å². The second-order valence-corrected chi connectivity index (χ2v) is 5.52. The molecule has 1 aromatic rings. The zero-order valence-electron chi connectivity index (χ0n) is 12.9.